The van der Waals surface area contributed by atoms with Crippen LogP contribution in [-0.4, -0.2) is 42.1 Å². The van der Waals surface area contributed by atoms with Crippen molar-refractivity contribution in [3.63, 3.8) is 0 Å². The van der Waals surface area contributed by atoms with Gasteiger partial charge in [0.1, 0.15) is 6.10 Å². The second-order valence-corrected chi connectivity index (χ2v) is 7.43. The van der Waals surface area contributed by atoms with Gasteiger partial charge in [-0.3, -0.25) is 9.48 Å². The number of aromatic nitrogens is 2. The van der Waals surface area contributed by atoms with Crippen LogP contribution in [0.5, 0.6) is 0 Å². The number of ether oxygens (including phenoxy) is 2. The molecule has 2 aromatic heterocycles. The molecule has 7 heteroatoms. The predicted molar refractivity (Wildman–Crippen MR) is 94.8 cm³/mol. The number of thiophene rings is 1. The molecule has 0 spiro atoms. The number of carbonyl (C=O) groups excluding carboxylic acids is 1. The summed E-state index contributed by atoms with van der Waals surface area (Å²) in [6.45, 7) is 3.77. The third kappa shape index (κ3) is 3.94. The second kappa shape index (κ2) is 7.68. The minimum Gasteiger partial charge on any atom is -0.381 e. The quantitative estimate of drug-likeness (QED) is 0.888. The number of nitrogens with one attached hydrogen (secondary N) is 1. The Morgan fingerprint density at radius 3 is 3.04 bits per heavy atom. The summed E-state index contributed by atoms with van der Waals surface area (Å²) in [7, 11) is 0. The largest absolute Gasteiger partial charge is 0.381 e. The Balaban J connectivity index is 1.39. The van der Waals surface area contributed by atoms with Gasteiger partial charge >= 0.3 is 0 Å². The van der Waals surface area contributed by atoms with Crippen molar-refractivity contribution >= 4 is 17.2 Å². The van der Waals surface area contributed by atoms with Crippen LogP contribution in [0.15, 0.2) is 23.0 Å². The van der Waals surface area contributed by atoms with Gasteiger partial charge in [0, 0.05) is 43.4 Å². The number of rotatable bonds is 5. The topological polar surface area (TPSA) is 65.4 Å². The molecule has 0 unspecified atom stereocenters. The normalized spacial score (nSPS) is 21.0. The molecule has 0 radical (unpaired) electrons. The van der Waals surface area contributed by atoms with E-state index in [1.165, 1.54) is 16.9 Å². The van der Waals surface area contributed by atoms with E-state index in [9.17, 15) is 4.79 Å². The molecular weight excluding hydrogens is 338 g/mol. The first-order chi connectivity index (χ1) is 12.3. The molecule has 25 heavy (non-hydrogen) atoms. The van der Waals surface area contributed by atoms with Crippen LogP contribution < -0.4 is 5.32 Å². The van der Waals surface area contributed by atoms with Gasteiger partial charge in [-0.25, -0.2) is 0 Å². The number of amides is 1. The number of hydrogen-bond acceptors (Lipinski definition) is 5. The lowest BCUT2D eigenvalue weighted by atomic mass is 10.0. The van der Waals surface area contributed by atoms with E-state index in [0.717, 1.165) is 44.7 Å². The molecule has 2 aromatic rings. The fraction of sp³-hybridized carbons (Fsp3) is 0.556. The van der Waals surface area contributed by atoms with Crippen molar-refractivity contribution in [1.29, 1.82) is 0 Å². The Morgan fingerprint density at radius 2 is 2.24 bits per heavy atom. The van der Waals surface area contributed by atoms with Crippen LogP contribution in [0.2, 0.25) is 0 Å². The van der Waals surface area contributed by atoms with Crippen molar-refractivity contribution in [2.45, 2.75) is 31.9 Å². The van der Waals surface area contributed by atoms with E-state index >= 15 is 0 Å². The van der Waals surface area contributed by atoms with Crippen molar-refractivity contribution < 1.29 is 14.3 Å². The third-order valence-electron chi connectivity index (χ3n) is 4.88. The lowest BCUT2D eigenvalue weighted by Gasteiger charge is -2.22. The molecule has 1 saturated heterocycles. The molecular formula is C18H23N3O3S. The molecule has 4 heterocycles. The van der Waals surface area contributed by atoms with Gasteiger partial charge in [0.05, 0.1) is 12.3 Å². The highest BCUT2D eigenvalue weighted by Crippen LogP contribution is 2.26. The van der Waals surface area contributed by atoms with Crippen molar-refractivity contribution in [3.05, 3.63) is 39.8 Å². The lowest BCUT2D eigenvalue weighted by molar-refractivity contribution is 0.0379. The summed E-state index contributed by atoms with van der Waals surface area (Å²) in [5.41, 5.74) is 2.92. The van der Waals surface area contributed by atoms with Crippen LogP contribution >= 0.6 is 11.3 Å². The summed E-state index contributed by atoms with van der Waals surface area (Å²) < 4.78 is 13.4. The Morgan fingerprint density at radius 1 is 1.36 bits per heavy atom. The first kappa shape index (κ1) is 16.8. The number of carbonyl (C=O) groups is 1. The SMILES string of the molecule is O=C(NC[C@H]1OCCc2cn(CC3CCOCC3)nc21)c1ccsc1. The van der Waals surface area contributed by atoms with E-state index in [1.807, 2.05) is 16.8 Å². The van der Waals surface area contributed by atoms with E-state index in [-0.39, 0.29) is 12.0 Å². The highest BCUT2D eigenvalue weighted by atomic mass is 32.1. The Kier molecular flexibility index (Phi) is 5.14. The van der Waals surface area contributed by atoms with Crippen molar-refractivity contribution in [2.75, 3.05) is 26.4 Å². The minimum absolute atomic E-state index is 0.0568. The van der Waals surface area contributed by atoms with E-state index in [4.69, 9.17) is 14.6 Å². The molecule has 6 nitrogen and oxygen atoms in total. The fourth-order valence-corrected chi connectivity index (χ4v) is 4.09. The van der Waals surface area contributed by atoms with Gasteiger partial charge in [-0.05, 0) is 42.2 Å². The van der Waals surface area contributed by atoms with E-state index in [0.29, 0.717) is 24.6 Å². The Bertz CT molecular complexity index is 707. The maximum Gasteiger partial charge on any atom is 0.252 e. The molecule has 4 rings (SSSR count). The molecule has 0 bridgehead atoms. The second-order valence-electron chi connectivity index (χ2n) is 6.65. The van der Waals surface area contributed by atoms with Gasteiger partial charge < -0.3 is 14.8 Å². The van der Waals surface area contributed by atoms with Crippen LogP contribution in [-0.2, 0) is 22.4 Å². The van der Waals surface area contributed by atoms with Crippen molar-refractivity contribution in [2.24, 2.45) is 5.92 Å². The summed E-state index contributed by atoms with van der Waals surface area (Å²) in [6, 6.07) is 1.83. The molecule has 2 aliphatic rings. The zero-order valence-electron chi connectivity index (χ0n) is 14.1. The van der Waals surface area contributed by atoms with Crippen LogP contribution in [0.25, 0.3) is 0 Å². The van der Waals surface area contributed by atoms with Gasteiger partial charge in [-0.15, -0.1) is 0 Å². The first-order valence-electron chi connectivity index (χ1n) is 8.85. The maximum atomic E-state index is 12.1. The zero-order chi connectivity index (χ0) is 17.1. The molecule has 1 amide bonds. The monoisotopic (exact) mass is 361 g/mol. The van der Waals surface area contributed by atoms with Crippen LogP contribution in [0, 0.1) is 5.92 Å². The number of fused-ring (bicyclic) bond motifs is 1. The smallest absolute Gasteiger partial charge is 0.252 e. The molecule has 0 saturated carbocycles. The first-order valence-corrected chi connectivity index (χ1v) is 9.80. The summed E-state index contributed by atoms with van der Waals surface area (Å²) >= 11 is 1.52. The Labute approximate surface area is 151 Å². The third-order valence-corrected chi connectivity index (χ3v) is 5.57. The number of hydrogen-bond donors (Lipinski definition) is 1. The highest BCUT2D eigenvalue weighted by Gasteiger charge is 2.26. The van der Waals surface area contributed by atoms with Gasteiger partial charge in [-0.2, -0.15) is 16.4 Å². The molecule has 2 aliphatic heterocycles. The van der Waals surface area contributed by atoms with Crippen LogP contribution in [0.4, 0.5) is 0 Å². The predicted octanol–water partition coefficient (Wildman–Crippen LogP) is 2.42. The van der Waals surface area contributed by atoms with Gasteiger partial charge in [-0.1, -0.05) is 0 Å². The summed E-state index contributed by atoms with van der Waals surface area (Å²) in [6.07, 6.45) is 5.07. The standard InChI is InChI=1S/C18H23N3O3S/c22-18(15-4-8-25-12-15)19-9-16-17-14(3-7-24-16)11-21(20-17)10-13-1-5-23-6-2-13/h4,8,11-13,16H,1-3,5-7,9-10H2,(H,19,22)/t16-/m1/s1. The lowest BCUT2D eigenvalue weighted by Crippen LogP contribution is -2.31. The van der Waals surface area contributed by atoms with Crippen molar-refractivity contribution in [1.82, 2.24) is 15.1 Å². The molecule has 1 N–H and O–H groups in total. The fourth-order valence-electron chi connectivity index (χ4n) is 3.46. The van der Waals surface area contributed by atoms with E-state index in [2.05, 4.69) is 16.2 Å². The van der Waals surface area contributed by atoms with Crippen molar-refractivity contribution in [3.8, 4) is 0 Å². The molecule has 0 aliphatic carbocycles. The number of nitrogens with zero attached hydrogens (tertiary/aromatic N) is 2. The molecule has 1 atom stereocenters. The van der Waals surface area contributed by atoms with E-state index < -0.39 is 0 Å². The molecule has 134 valence electrons. The summed E-state index contributed by atoms with van der Waals surface area (Å²) in [5.74, 6) is 0.575. The van der Waals surface area contributed by atoms with Gasteiger partial charge in [0.25, 0.3) is 5.91 Å². The zero-order valence-corrected chi connectivity index (χ0v) is 15.0. The van der Waals surface area contributed by atoms with Crippen LogP contribution in [0.1, 0.15) is 40.6 Å². The van der Waals surface area contributed by atoms with Gasteiger partial charge in [0.15, 0.2) is 0 Å². The molecule has 0 aromatic carbocycles. The maximum absolute atomic E-state index is 12.1. The summed E-state index contributed by atoms with van der Waals surface area (Å²) in [4.78, 5) is 12.1. The Hall–Kier alpha value is -1.70. The van der Waals surface area contributed by atoms with Gasteiger partial charge in [0.2, 0.25) is 0 Å². The molecule has 1 fully saturated rings. The highest BCUT2D eigenvalue weighted by molar-refractivity contribution is 7.08. The van der Waals surface area contributed by atoms with Crippen LogP contribution in [0.3, 0.4) is 0 Å². The average Bonchev–Trinajstić information content (AvgIpc) is 3.30. The van der Waals surface area contributed by atoms with E-state index in [1.54, 1.807) is 0 Å². The summed E-state index contributed by atoms with van der Waals surface area (Å²) in [5, 5.41) is 11.5. The average molecular weight is 361 g/mol. The minimum atomic E-state index is -0.165.